The van der Waals surface area contributed by atoms with Gasteiger partial charge in [0.05, 0.1) is 0 Å². The van der Waals surface area contributed by atoms with Gasteiger partial charge in [0.25, 0.3) is 5.91 Å². The molecule has 1 heterocycles. The molecule has 0 atom stereocenters. The first-order valence-corrected chi connectivity index (χ1v) is 10.4. The van der Waals surface area contributed by atoms with Crippen LogP contribution in [0.15, 0.2) is 77.3 Å². The van der Waals surface area contributed by atoms with Crippen LogP contribution in [-0.2, 0) is 0 Å². The van der Waals surface area contributed by atoms with Gasteiger partial charge in [0.15, 0.2) is 0 Å². The summed E-state index contributed by atoms with van der Waals surface area (Å²) in [6.45, 7) is 1.98. The summed E-state index contributed by atoms with van der Waals surface area (Å²) in [6.07, 6.45) is 0. The van der Waals surface area contributed by atoms with Crippen molar-refractivity contribution in [3.8, 4) is 22.1 Å². The molecular formula is C22H16BrN3O2S. The molecule has 3 aromatic carbocycles. The highest BCUT2D eigenvalue weighted by Gasteiger charge is 2.11. The van der Waals surface area contributed by atoms with E-state index < -0.39 is 0 Å². The van der Waals surface area contributed by atoms with Gasteiger partial charge in [-0.15, -0.1) is 10.2 Å². The van der Waals surface area contributed by atoms with Crippen molar-refractivity contribution in [3.05, 3.63) is 88.4 Å². The fourth-order valence-corrected chi connectivity index (χ4v) is 3.58. The molecule has 0 saturated heterocycles. The number of hydrogen-bond donors (Lipinski definition) is 1. The second-order valence-corrected chi connectivity index (χ2v) is 8.21. The number of ether oxygens (including phenoxy) is 1. The largest absolute Gasteiger partial charge is 0.457 e. The average Bonchev–Trinajstić information content (AvgIpc) is 3.19. The molecule has 0 spiro atoms. The summed E-state index contributed by atoms with van der Waals surface area (Å²) in [5, 5.41) is 12.2. The molecule has 144 valence electrons. The maximum absolute atomic E-state index is 12.3. The van der Waals surface area contributed by atoms with Crippen molar-refractivity contribution in [3.63, 3.8) is 0 Å². The minimum absolute atomic E-state index is 0.203. The van der Waals surface area contributed by atoms with E-state index in [4.69, 9.17) is 4.74 Å². The van der Waals surface area contributed by atoms with Crippen LogP contribution in [0.1, 0.15) is 15.9 Å². The molecule has 0 radical (unpaired) electrons. The van der Waals surface area contributed by atoms with E-state index in [0.29, 0.717) is 10.7 Å². The van der Waals surface area contributed by atoms with Gasteiger partial charge in [0.2, 0.25) is 5.13 Å². The molecule has 0 aliphatic heterocycles. The maximum Gasteiger partial charge on any atom is 0.257 e. The van der Waals surface area contributed by atoms with Crippen LogP contribution in [0, 0.1) is 6.92 Å². The van der Waals surface area contributed by atoms with Gasteiger partial charge in [0.1, 0.15) is 16.5 Å². The van der Waals surface area contributed by atoms with Crippen LogP contribution in [-0.4, -0.2) is 16.1 Å². The van der Waals surface area contributed by atoms with Gasteiger partial charge in [-0.1, -0.05) is 45.0 Å². The number of aromatic nitrogens is 2. The highest BCUT2D eigenvalue weighted by Crippen LogP contribution is 2.30. The van der Waals surface area contributed by atoms with Crippen LogP contribution < -0.4 is 10.1 Å². The number of nitrogens with one attached hydrogen (secondary N) is 1. The Hall–Kier alpha value is -3.03. The number of nitrogens with zero attached hydrogens (tertiary/aromatic N) is 2. The van der Waals surface area contributed by atoms with Crippen LogP contribution in [0.25, 0.3) is 10.6 Å². The van der Waals surface area contributed by atoms with Crippen LogP contribution >= 0.6 is 27.3 Å². The fourth-order valence-electron chi connectivity index (χ4n) is 2.57. The third kappa shape index (κ3) is 4.88. The van der Waals surface area contributed by atoms with E-state index in [0.717, 1.165) is 32.1 Å². The molecule has 0 bridgehead atoms. The van der Waals surface area contributed by atoms with E-state index in [9.17, 15) is 4.79 Å². The Morgan fingerprint density at radius 2 is 1.52 bits per heavy atom. The Balaban J connectivity index is 1.43. The van der Waals surface area contributed by atoms with Crippen LogP contribution in [0.5, 0.6) is 11.5 Å². The molecule has 29 heavy (non-hydrogen) atoms. The Kier molecular flexibility index (Phi) is 5.69. The number of amides is 1. The highest BCUT2D eigenvalue weighted by molar-refractivity contribution is 9.10. The summed E-state index contributed by atoms with van der Waals surface area (Å²) in [4.78, 5) is 12.3. The molecule has 4 aromatic rings. The van der Waals surface area contributed by atoms with Crippen molar-refractivity contribution in [2.24, 2.45) is 0 Å². The van der Waals surface area contributed by atoms with Gasteiger partial charge in [-0.3, -0.25) is 10.1 Å². The minimum atomic E-state index is -0.203. The number of benzene rings is 3. The van der Waals surface area contributed by atoms with Crippen molar-refractivity contribution < 1.29 is 9.53 Å². The normalized spacial score (nSPS) is 10.6. The number of halogens is 1. The Morgan fingerprint density at radius 3 is 2.17 bits per heavy atom. The van der Waals surface area contributed by atoms with Crippen molar-refractivity contribution in [2.75, 3.05) is 5.32 Å². The van der Waals surface area contributed by atoms with Crippen LogP contribution in [0.3, 0.4) is 0 Å². The first-order valence-electron chi connectivity index (χ1n) is 8.82. The Morgan fingerprint density at radius 1 is 0.897 bits per heavy atom. The van der Waals surface area contributed by atoms with E-state index in [-0.39, 0.29) is 5.91 Å². The number of anilines is 1. The number of carbonyl (C=O) groups is 1. The molecule has 1 amide bonds. The van der Waals surface area contributed by atoms with E-state index in [1.807, 2.05) is 67.6 Å². The molecule has 1 N–H and O–H groups in total. The number of hydrogen-bond acceptors (Lipinski definition) is 5. The monoisotopic (exact) mass is 465 g/mol. The SMILES string of the molecule is Cc1ccc(C(=O)Nc2nnc(-c3ccc(Oc4ccc(Br)cc4)cc3)s2)cc1. The first-order chi connectivity index (χ1) is 14.1. The predicted molar refractivity (Wildman–Crippen MR) is 119 cm³/mol. The lowest BCUT2D eigenvalue weighted by molar-refractivity contribution is 0.102. The number of rotatable bonds is 5. The first kappa shape index (κ1) is 19.3. The summed E-state index contributed by atoms with van der Waals surface area (Å²) >= 11 is 4.73. The third-order valence-corrected chi connectivity index (χ3v) is 5.53. The number of carbonyl (C=O) groups excluding carboxylic acids is 1. The standard InChI is InChI=1S/C22H16BrN3O2S/c1-14-2-4-15(5-3-14)20(27)24-22-26-25-21(29-22)16-6-10-18(11-7-16)28-19-12-8-17(23)9-13-19/h2-13H,1H3,(H,24,26,27). The van der Waals surface area contributed by atoms with Crippen molar-refractivity contribution in [1.82, 2.24) is 10.2 Å². The molecule has 7 heteroatoms. The van der Waals surface area contributed by atoms with Gasteiger partial charge in [0, 0.05) is 15.6 Å². The average molecular weight is 466 g/mol. The lowest BCUT2D eigenvalue weighted by atomic mass is 10.1. The molecule has 0 aliphatic carbocycles. The molecule has 0 saturated carbocycles. The van der Waals surface area contributed by atoms with Crippen LogP contribution in [0.4, 0.5) is 5.13 Å². The zero-order chi connectivity index (χ0) is 20.2. The minimum Gasteiger partial charge on any atom is -0.457 e. The molecule has 0 aliphatic rings. The zero-order valence-electron chi connectivity index (χ0n) is 15.4. The van der Waals surface area contributed by atoms with E-state index in [2.05, 4.69) is 31.4 Å². The molecule has 1 aromatic heterocycles. The summed E-state index contributed by atoms with van der Waals surface area (Å²) < 4.78 is 6.83. The lowest BCUT2D eigenvalue weighted by Gasteiger charge is -2.06. The quantitative estimate of drug-likeness (QED) is 0.374. The van der Waals surface area contributed by atoms with Gasteiger partial charge >= 0.3 is 0 Å². The third-order valence-electron chi connectivity index (χ3n) is 4.11. The van der Waals surface area contributed by atoms with Gasteiger partial charge in [-0.05, 0) is 67.6 Å². The fraction of sp³-hybridized carbons (Fsp3) is 0.0455. The second-order valence-electron chi connectivity index (χ2n) is 6.31. The summed E-state index contributed by atoms with van der Waals surface area (Å²) in [7, 11) is 0. The molecule has 0 fully saturated rings. The Bertz CT molecular complexity index is 1120. The van der Waals surface area contributed by atoms with Gasteiger partial charge in [-0.25, -0.2) is 0 Å². The highest BCUT2D eigenvalue weighted by atomic mass is 79.9. The second kappa shape index (κ2) is 8.55. The smallest absolute Gasteiger partial charge is 0.257 e. The predicted octanol–water partition coefficient (Wildman–Crippen LogP) is 6.32. The molecule has 5 nitrogen and oxygen atoms in total. The Labute approximate surface area is 180 Å². The van der Waals surface area contributed by atoms with Crippen LogP contribution in [0.2, 0.25) is 0 Å². The molecule has 0 unspecified atom stereocenters. The van der Waals surface area contributed by atoms with Crippen molar-refractivity contribution >= 4 is 38.3 Å². The van der Waals surface area contributed by atoms with E-state index >= 15 is 0 Å². The van der Waals surface area contributed by atoms with E-state index in [1.165, 1.54) is 11.3 Å². The topological polar surface area (TPSA) is 64.1 Å². The summed E-state index contributed by atoms with van der Waals surface area (Å²) in [6, 6.07) is 22.6. The summed E-state index contributed by atoms with van der Waals surface area (Å²) in [5.74, 6) is 1.29. The van der Waals surface area contributed by atoms with Gasteiger partial charge in [-0.2, -0.15) is 0 Å². The molecular weight excluding hydrogens is 450 g/mol. The lowest BCUT2D eigenvalue weighted by Crippen LogP contribution is -2.11. The van der Waals surface area contributed by atoms with E-state index in [1.54, 1.807) is 12.1 Å². The zero-order valence-corrected chi connectivity index (χ0v) is 17.8. The van der Waals surface area contributed by atoms with Crippen molar-refractivity contribution in [2.45, 2.75) is 6.92 Å². The molecule has 4 rings (SSSR count). The maximum atomic E-state index is 12.3. The van der Waals surface area contributed by atoms with Crippen molar-refractivity contribution in [1.29, 1.82) is 0 Å². The number of aryl methyl sites for hydroxylation is 1. The summed E-state index contributed by atoms with van der Waals surface area (Å²) in [5.41, 5.74) is 2.59. The van der Waals surface area contributed by atoms with Gasteiger partial charge < -0.3 is 4.74 Å².